The van der Waals surface area contributed by atoms with Gasteiger partial charge in [0.25, 0.3) is 0 Å². The van der Waals surface area contributed by atoms with Crippen LogP contribution in [0.15, 0.2) is 49.4 Å². The van der Waals surface area contributed by atoms with E-state index in [1.54, 1.807) is 23.3 Å². The van der Waals surface area contributed by atoms with Crippen molar-refractivity contribution in [1.82, 2.24) is 19.7 Å². The third-order valence-electron chi connectivity index (χ3n) is 4.71. The first-order valence-corrected chi connectivity index (χ1v) is 10.4. The van der Waals surface area contributed by atoms with Crippen molar-refractivity contribution in [2.24, 2.45) is 7.05 Å². The number of alkyl halides is 3. The maximum atomic E-state index is 14.4. The minimum absolute atomic E-state index is 0.208. The quantitative estimate of drug-likeness (QED) is 0.272. The highest BCUT2D eigenvalue weighted by atomic mass is 19.4. The lowest BCUT2D eigenvalue weighted by Gasteiger charge is -2.14. The number of halogens is 4. The average molecular weight is 507 g/mol. The first-order valence-electron chi connectivity index (χ1n) is 10.4. The van der Waals surface area contributed by atoms with E-state index in [2.05, 4.69) is 37.6 Å². The molecule has 0 unspecified atom stereocenters. The number of amides is 1. The molecule has 0 aliphatic heterocycles. The number of carbonyl (C=O) groups excluding carboxylic acids is 1. The fraction of sp³-hybridized carbons (Fsp3) is 0.227. The summed E-state index contributed by atoms with van der Waals surface area (Å²) in [5.41, 5.74) is 2.34. The molecule has 4 rings (SSSR count). The van der Waals surface area contributed by atoms with E-state index in [4.69, 9.17) is 9.90 Å². The number of nitrogens with zero attached hydrogens (tertiary/aromatic N) is 4. The molecule has 3 aromatic rings. The van der Waals surface area contributed by atoms with Gasteiger partial charge in [-0.3, -0.25) is 9.48 Å². The van der Waals surface area contributed by atoms with E-state index >= 15 is 0 Å². The Bertz CT molecular complexity index is 1270. The molecule has 1 amide bonds. The van der Waals surface area contributed by atoms with Crippen molar-refractivity contribution >= 4 is 40.7 Å². The molecule has 14 heteroatoms. The van der Waals surface area contributed by atoms with Crippen molar-refractivity contribution in [2.45, 2.75) is 24.9 Å². The van der Waals surface area contributed by atoms with Crippen LogP contribution >= 0.6 is 0 Å². The third-order valence-corrected chi connectivity index (χ3v) is 4.71. The van der Waals surface area contributed by atoms with Crippen LogP contribution in [0.1, 0.15) is 24.3 Å². The Balaban J connectivity index is 0.000000454. The van der Waals surface area contributed by atoms with Gasteiger partial charge in [0, 0.05) is 30.7 Å². The molecule has 1 aliphatic rings. The molecule has 0 spiro atoms. The second-order valence-corrected chi connectivity index (χ2v) is 7.62. The summed E-state index contributed by atoms with van der Waals surface area (Å²) in [6.45, 7) is 3.42. The summed E-state index contributed by atoms with van der Waals surface area (Å²) in [5, 5.41) is 20.0. The van der Waals surface area contributed by atoms with Gasteiger partial charge in [-0.1, -0.05) is 6.58 Å². The maximum absolute atomic E-state index is 14.4. The van der Waals surface area contributed by atoms with Gasteiger partial charge in [-0.25, -0.2) is 14.2 Å². The van der Waals surface area contributed by atoms with Crippen molar-refractivity contribution < 1.29 is 32.3 Å². The van der Waals surface area contributed by atoms with Crippen molar-refractivity contribution in [2.75, 3.05) is 16.0 Å². The molecule has 0 atom stereocenters. The van der Waals surface area contributed by atoms with E-state index in [1.807, 2.05) is 7.05 Å². The van der Waals surface area contributed by atoms with Gasteiger partial charge >= 0.3 is 12.1 Å². The predicted molar refractivity (Wildman–Crippen MR) is 123 cm³/mol. The normalized spacial score (nSPS) is 12.7. The highest BCUT2D eigenvalue weighted by Gasteiger charge is 2.38. The number of aryl methyl sites for hydroxylation is 1. The molecule has 1 aromatic carbocycles. The highest BCUT2D eigenvalue weighted by molar-refractivity contribution is 5.99. The van der Waals surface area contributed by atoms with Crippen LogP contribution in [0.25, 0.3) is 0 Å². The summed E-state index contributed by atoms with van der Waals surface area (Å²) in [7, 11) is 1.82. The Morgan fingerprint density at radius 2 is 1.89 bits per heavy atom. The first kappa shape index (κ1) is 26.1. The Hall–Kier alpha value is -4.49. The minimum Gasteiger partial charge on any atom is -0.475 e. The topological polar surface area (TPSA) is 134 Å². The van der Waals surface area contributed by atoms with Crippen molar-refractivity contribution in [3.05, 3.63) is 60.8 Å². The number of hydrogen-bond acceptors (Lipinski definition) is 7. The number of carboxylic acid groups (broad SMARTS) is 1. The number of rotatable bonds is 7. The molecular weight excluding hydrogens is 486 g/mol. The fourth-order valence-corrected chi connectivity index (χ4v) is 2.88. The molecule has 4 N–H and O–H groups in total. The molecule has 0 bridgehead atoms. The van der Waals surface area contributed by atoms with Crippen LogP contribution in [0.2, 0.25) is 0 Å². The summed E-state index contributed by atoms with van der Waals surface area (Å²) in [5.74, 6) is -2.32. The number of aliphatic carboxylic acids is 1. The van der Waals surface area contributed by atoms with Gasteiger partial charge in [0.15, 0.2) is 0 Å². The number of carboxylic acids is 1. The number of carbonyl (C=O) groups is 2. The molecule has 1 saturated carbocycles. The van der Waals surface area contributed by atoms with Gasteiger partial charge in [0.05, 0.1) is 17.6 Å². The van der Waals surface area contributed by atoms with Crippen LogP contribution in [0.3, 0.4) is 0 Å². The summed E-state index contributed by atoms with van der Waals surface area (Å²) in [4.78, 5) is 29.3. The lowest BCUT2D eigenvalue weighted by Crippen LogP contribution is -2.21. The third kappa shape index (κ3) is 7.25. The van der Waals surface area contributed by atoms with Crippen LogP contribution in [0, 0.1) is 5.82 Å². The van der Waals surface area contributed by atoms with E-state index in [0.29, 0.717) is 23.4 Å². The zero-order valence-electron chi connectivity index (χ0n) is 18.8. The zero-order valence-corrected chi connectivity index (χ0v) is 18.8. The Morgan fingerprint density at radius 3 is 2.44 bits per heavy atom. The van der Waals surface area contributed by atoms with Crippen LogP contribution < -0.4 is 16.0 Å². The fourth-order valence-electron chi connectivity index (χ4n) is 2.88. The number of benzene rings is 1. The summed E-state index contributed by atoms with van der Waals surface area (Å²) in [6.07, 6.45) is 3.39. The zero-order chi connectivity index (χ0) is 26.5. The molecule has 1 aliphatic carbocycles. The number of aromatic nitrogens is 4. The Labute approximate surface area is 202 Å². The lowest BCUT2D eigenvalue weighted by atomic mass is 10.2. The van der Waals surface area contributed by atoms with Crippen LogP contribution in [-0.2, 0) is 16.6 Å². The second kappa shape index (κ2) is 10.8. The largest absolute Gasteiger partial charge is 0.490 e. The Morgan fingerprint density at radius 1 is 1.19 bits per heavy atom. The lowest BCUT2D eigenvalue weighted by molar-refractivity contribution is -0.192. The molecule has 190 valence electrons. The van der Waals surface area contributed by atoms with Gasteiger partial charge in [-0.05, 0) is 43.0 Å². The number of nitrogens with one attached hydrogen (secondary N) is 3. The van der Waals surface area contributed by atoms with E-state index in [9.17, 15) is 22.4 Å². The molecule has 10 nitrogen and oxygen atoms in total. The monoisotopic (exact) mass is 507 g/mol. The second-order valence-electron chi connectivity index (χ2n) is 7.62. The molecule has 2 heterocycles. The van der Waals surface area contributed by atoms with Crippen LogP contribution in [-0.4, -0.2) is 42.9 Å². The maximum Gasteiger partial charge on any atom is 0.490 e. The van der Waals surface area contributed by atoms with Gasteiger partial charge in [0.1, 0.15) is 11.6 Å². The average Bonchev–Trinajstić information content (AvgIpc) is 3.57. The van der Waals surface area contributed by atoms with Crippen molar-refractivity contribution in [1.29, 1.82) is 0 Å². The summed E-state index contributed by atoms with van der Waals surface area (Å²) < 4.78 is 47.8. The molecular formula is C22H21F4N7O3. The highest BCUT2D eigenvalue weighted by Crippen LogP contribution is 2.43. The van der Waals surface area contributed by atoms with E-state index in [1.165, 1.54) is 18.2 Å². The van der Waals surface area contributed by atoms with Crippen LogP contribution in [0.5, 0.6) is 0 Å². The molecule has 36 heavy (non-hydrogen) atoms. The van der Waals surface area contributed by atoms with Crippen LogP contribution in [0.4, 0.5) is 46.4 Å². The number of hydrogen-bond donors (Lipinski definition) is 4. The molecule has 2 aromatic heterocycles. The Kier molecular flexibility index (Phi) is 7.86. The smallest absolute Gasteiger partial charge is 0.475 e. The van der Waals surface area contributed by atoms with E-state index in [0.717, 1.165) is 30.2 Å². The molecule has 0 radical (unpaired) electrons. The molecule has 1 fully saturated rings. The first-order chi connectivity index (χ1) is 17.0. The van der Waals surface area contributed by atoms with Gasteiger partial charge in [-0.15, -0.1) is 0 Å². The summed E-state index contributed by atoms with van der Waals surface area (Å²) in [6, 6.07) is 4.29. The SMILES string of the molecule is C=CC(=O)Nc1ccc(F)c(Nc2nc(Nc3cnn(C)c3)ncc2C2CC2)c1.O=C(O)C(F)(F)F. The van der Waals surface area contributed by atoms with Crippen molar-refractivity contribution in [3.63, 3.8) is 0 Å². The van der Waals surface area contributed by atoms with E-state index in [-0.39, 0.29) is 11.6 Å². The van der Waals surface area contributed by atoms with Gasteiger partial charge < -0.3 is 21.1 Å². The molecule has 0 saturated heterocycles. The van der Waals surface area contributed by atoms with Crippen molar-refractivity contribution in [3.8, 4) is 0 Å². The van der Waals surface area contributed by atoms with Gasteiger partial charge in [0.2, 0.25) is 11.9 Å². The van der Waals surface area contributed by atoms with Gasteiger partial charge in [-0.2, -0.15) is 23.3 Å². The standard InChI is InChI=1S/C20H20FN7O.C2HF3O2/c1-3-18(29)24-13-6-7-16(21)17(8-13)26-19-15(12-4-5-12)10-22-20(27-19)25-14-9-23-28(2)11-14;3-2(4,5)1(6)7/h3,6-12H,1,4-5H2,2H3,(H,24,29)(H2,22,25,26,27);(H,6,7). The number of anilines is 5. The predicted octanol–water partition coefficient (Wildman–Crippen LogP) is 4.47. The summed E-state index contributed by atoms with van der Waals surface area (Å²) >= 11 is 0. The van der Waals surface area contributed by atoms with E-state index < -0.39 is 18.0 Å². The minimum atomic E-state index is -5.08.